The molecule has 0 aromatic heterocycles. The first-order valence-corrected chi connectivity index (χ1v) is 9.50. The van der Waals surface area contributed by atoms with Gasteiger partial charge in [-0.05, 0) is 69.2 Å². The molecule has 0 atom stereocenters. The summed E-state index contributed by atoms with van der Waals surface area (Å²) in [5.74, 6) is 0.863. The molecule has 0 spiro atoms. The van der Waals surface area contributed by atoms with Gasteiger partial charge in [0, 0.05) is 30.9 Å². The number of methoxy groups -OCH3 is 1. The predicted molar refractivity (Wildman–Crippen MR) is 104 cm³/mol. The van der Waals surface area contributed by atoms with Gasteiger partial charge < -0.3 is 19.9 Å². The Hall–Kier alpha value is -1.33. The molecule has 24 heavy (non-hydrogen) atoms. The van der Waals surface area contributed by atoms with Crippen molar-refractivity contribution in [2.24, 2.45) is 0 Å². The highest BCUT2D eigenvalue weighted by Crippen LogP contribution is 2.27. The molecule has 1 saturated heterocycles. The highest BCUT2D eigenvalue weighted by atomic mass is 32.1. The molecular formula is C19H29N3OS. The molecule has 0 unspecified atom stereocenters. The van der Waals surface area contributed by atoms with E-state index in [9.17, 15) is 0 Å². The number of likely N-dealkylation sites (tertiary alicyclic amines) is 1. The van der Waals surface area contributed by atoms with Gasteiger partial charge in [-0.25, -0.2) is 0 Å². The zero-order valence-corrected chi connectivity index (χ0v) is 15.6. The van der Waals surface area contributed by atoms with E-state index in [2.05, 4.69) is 22.2 Å². The number of thiocarbonyl (C=S) groups is 1. The van der Waals surface area contributed by atoms with Crippen LogP contribution >= 0.6 is 12.2 Å². The molecule has 1 N–H and O–H groups in total. The number of ether oxygens (including phenoxy) is 1. The van der Waals surface area contributed by atoms with Crippen molar-refractivity contribution in [3.8, 4) is 5.75 Å². The van der Waals surface area contributed by atoms with Crippen LogP contribution in [0.1, 0.15) is 38.5 Å². The smallest absolute Gasteiger partial charge is 0.173 e. The lowest BCUT2D eigenvalue weighted by atomic mass is 10.0. The van der Waals surface area contributed by atoms with Gasteiger partial charge in [-0.2, -0.15) is 0 Å². The zero-order valence-electron chi connectivity index (χ0n) is 14.8. The summed E-state index contributed by atoms with van der Waals surface area (Å²) in [6.45, 7) is 2.09. The number of rotatable bonds is 4. The molecule has 4 nitrogen and oxygen atoms in total. The second-order valence-electron chi connectivity index (χ2n) is 6.98. The maximum atomic E-state index is 5.60. The summed E-state index contributed by atoms with van der Waals surface area (Å²) in [4.78, 5) is 4.95. The van der Waals surface area contributed by atoms with Crippen molar-refractivity contribution in [3.63, 3.8) is 0 Å². The van der Waals surface area contributed by atoms with Crippen molar-refractivity contribution in [3.05, 3.63) is 24.3 Å². The van der Waals surface area contributed by atoms with E-state index in [-0.39, 0.29) is 0 Å². The molecule has 3 rings (SSSR count). The van der Waals surface area contributed by atoms with E-state index < -0.39 is 0 Å². The maximum Gasteiger partial charge on any atom is 0.173 e. The molecule has 0 bridgehead atoms. The average molecular weight is 348 g/mol. The molecule has 1 aromatic rings. The van der Waals surface area contributed by atoms with Crippen LogP contribution in [0.5, 0.6) is 5.75 Å². The number of hydrogen-bond donors (Lipinski definition) is 1. The van der Waals surface area contributed by atoms with E-state index in [1.807, 2.05) is 24.3 Å². The minimum absolute atomic E-state index is 0.716. The van der Waals surface area contributed by atoms with E-state index in [0.29, 0.717) is 6.04 Å². The van der Waals surface area contributed by atoms with E-state index >= 15 is 0 Å². The van der Waals surface area contributed by atoms with Crippen LogP contribution in [0.3, 0.4) is 0 Å². The molecule has 0 radical (unpaired) electrons. The number of hydrogen-bond acceptors (Lipinski definition) is 3. The van der Waals surface area contributed by atoms with Crippen LogP contribution in [0, 0.1) is 0 Å². The lowest BCUT2D eigenvalue weighted by molar-refractivity contribution is 0.122. The SMILES string of the molecule is COc1ccc(NC(=S)N2CCC(N(C)C3CCCC3)CC2)cc1. The van der Waals surface area contributed by atoms with Gasteiger partial charge in [0.2, 0.25) is 0 Å². The molecule has 1 saturated carbocycles. The molecular weight excluding hydrogens is 318 g/mol. The van der Waals surface area contributed by atoms with Gasteiger partial charge in [-0.1, -0.05) is 12.8 Å². The Morgan fingerprint density at radius 1 is 1.08 bits per heavy atom. The summed E-state index contributed by atoms with van der Waals surface area (Å²) in [5.41, 5.74) is 1.02. The molecule has 2 fully saturated rings. The van der Waals surface area contributed by atoms with Crippen molar-refractivity contribution in [2.75, 3.05) is 32.6 Å². The first-order valence-electron chi connectivity index (χ1n) is 9.09. The first-order chi connectivity index (χ1) is 11.7. The molecule has 132 valence electrons. The van der Waals surface area contributed by atoms with Crippen molar-refractivity contribution < 1.29 is 4.74 Å². The van der Waals surface area contributed by atoms with Crippen molar-refractivity contribution in [1.29, 1.82) is 0 Å². The third-order valence-corrected chi connectivity index (χ3v) is 5.93. The van der Waals surface area contributed by atoms with E-state index in [1.54, 1.807) is 7.11 Å². The minimum Gasteiger partial charge on any atom is -0.497 e. The Morgan fingerprint density at radius 3 is 2.25 bits per heavy atom. The van der Waals surface area contributed by atoms with Gasteiger partial charge >= 0.3 is 0 Å². The summed E-state index contributed by atoms with van der Waals surface area (Å²) in [6, 6.07) is 9.44. The van der Waals surface area contributed by atoms with E-state index in [0.717, 1.165) is 35.7 Å². The highest BCUT2D eigenvalue weighted by Gasteiger charge is 2.29. The number of piperidine rings is 1. The molecule has 0 amide bonds. The zero-order chi connectivity index (χ0) is 16.9. The van der Waals surface area contributed by atoms with Crippen LogP contribution in [0.15, 0.2) is 24.3 Å². The van der Waals surface area contributed by atoms with Gasteiger partial charge in [0.05, 0.1) is 7.11 Å². The van der Waals surface area contributed by atoms with E-state index in [4.69, 9.17) is 17.0 Å². The van der Waals surface area contributed by atoms with Gasteiger partial charge in [-0.3, -0.25) is 0 Å². The number of benzene rings is 1. The van der Waals surface area contributed by atoms with Crippen LogP contribution in [-0.2, 0) is 0 Å². The molecule has 1 heterocycles. The van der Waals surface area contributed by atoms with Gasteiger partial charge in [0.15, 0.2) is 5.11 Å². The summed E-state index contributed by atoms with van der Waals surface area (Å²) in [7, 11) is 4.00. The Morgan fingerprint density at radius 2 is 1.67 bits per heavy atom. The summed E-state index contributed by atoms with van der Waals surface area (Å²) in [5, 5.41) is 4.19. The Balaban J connectivity index is 1.47. The summed E-state index contributed by atoms with van der Waals surface area (Å²) < 4.78 is 5.19. The third kappa shape index (κ3) is 4.19. The summed E-state index contributed by atoms with van der Waals surface area (Å²) in [6.07, 6.45) is 7.99. The molecule has 5 heteroatoms. The van der Waals surface area contributed by atoms with Crippen molar-refractivity contribution in [1.82, 2.24) is 9.80 Å². The maximum absolute atomic E-state index is 5.60. The fraction of sp³-hybridized carbons (Fsp3) is 0.632. The molecule has 1 aliphatic carbocycles. The quantitative estimate of drug-likeness (QED) is 0.838. The second-order valence-corrected chi connectivity index (χ2v) is 7.37. The van der Waals surface area contributed by atoms with Crippen LogP contribution in [0.4, 0.5) is 5.69 Å². The molecule has 1 aliphatic heterocycles. The Bertz CT molecular complexity index is 534. The predicted octanol–water partition coefficient (Wildman–Crippen LogP) is 3.73. The number of anilines is 1. The van der Waals surface area contributed by atoms with Crippen molar-refractivity contribution >= 4 is 23.0 Å². The largest absolute Gasteiger partial charge is 0.497 e. The fourth-order valence-corrected chi connectivity index (χ4v) is 4.26. The van der Waals surface area contributed by atoms with Crippen LogP contribution in [-0.4, -0.2) is 54.2 Å². The minimum atomic E-state index is 0.716. The number of nitrogens with zero attached hydrogens (tertiary/aromatic N) is 2. The average Bonchev–Trinajstić information content (AvgIpc) is 3.16. The van der Waals surface area contributed by atoms with Crippen LogP contribution in [0.2, 0.25) is 0 Å². The van der Waals surface area contributed by atoms with E-state index in [1.165, 1.54) is 38.5 Å². The highest BCUT2D eigenvalue weighted by molar-refractivity contribution is 7.80. The van der Waals surface area contributed by atoms with Gasteiger partial charge in [0.25, 0.3) is 0 Å². The number of nitrogens with one attached hydrogen (secondary N) is 1. The van der Waals surface area contributed by atoms with Crippen LogP contribution < -0.4 is 10.1 Å². The summed E-state index contributed by atoms with van der Waals surface area (Å²) >= 11 is 5.60. The lowest BCUT2D eigenvalue weighted by Crippen LogP contribution is -2.48. The van der Waals surface area contributed by atoms with Gasteiger partial charge in [0.1, 0.15) is 5.75 Å². The third-order valence-electron chi connectivity index (χ3n) is 5.57. The first kappa shape index (κ1) is 17.5. The Kier molecular flexibility index (Phi) is 5.95. The Labute approximate surface area is 151 Å². The van der Waals surface area contributed by atoms with Crippen LogP contribution in [0.25, 0.3) is 0 Å². The fourth-order valence-electron chi connectivity index (χ4n) is 3.96. The van der Waals surface area contributed by atoms with Crippen molar-refractivity contribution in [2.45, 2.75) is 50.6 Å². The normalized spacial score (nSPS) is 19.7. The second kappa shape index (κ2) is 8.17. The standard InChI is InChI=1S/C19H29N3OS/c1-21(16-5-3-4-6-16)17-11-13-22(14-12-17)19(24)20-15-7-9-18(23-2)10-8-15/h7-10,16-17H,3-6,11-14H2,1-2H3,(H,20,24). The molecule has 2 aliphatic rings. The lowest BCUT2D eigenvalue weighted by Gasteiger charge is -2.40. The van der Waals surface area contributed by atoms with Gasteiger partial charge in [-0.15, -0.1) is 0 Å². The topological polar surface area (TPSA) is 27.7 Å². The monoisotopic (exact) mass is 347 g/mol. The molecule has 1 aromatic carbocycles.